The fourth-order valence-electron chi connectivity index (χ4n) is 1.87. The molecule has 0 bridgehead atoms. The van der Waals surface area contributed by atoms with Crippen molar-refractivity contribution in [3.8, 4) is 10.6 Å². The second-order valence-electron chi connectivity index (χ2n) is 4.22. The van der Waals surface area contributed by atoms with E-state index in [1.54, 1.807) is 6.07 Å². The molecule has 0 saturated heterocycles. The van der Waals surface area contributed by atoms with Crippen molar-refractivity contribution < 1.29 is 4.39 Å². The highest BCUT2D eigenvalue weighted by atomic mass is 32.1. The van der Waals surface area contributed by atoms with Crippen LogP contribution in [-0.2, 0) is 0 Å². The summed E-state index contributed by atoms with van der Waals surface area (Å²) in [5.74, 6) is -0.241. The van der Waals surface area contributed by atoms with E-state index in [1.165, 1.54) is 23.5 Å². The lowest BCUT2D eigenvalue weighted by Gasteiger charge is -2.02. The van der Waals surface area contributed by atoms with Crippen molar-refractivity contribution >= 4 is 27.2 Å². The lowest BCUT2D eigenvalue weighted by atomic mass is 10.1. The molecule has 0 aliphatic heterocycles. The number of nitrogen functional groups attached to an aromatic ring is 1. The fourth-order valence-corrected chi connectivity index (χ4v) is 2.90. The molecular formula is C14H11FN2S. The van der Waals surface area contributed by atoms with Crippen LogP contribution in [0.2, 0.25) is 0 Å². The molecule has 0 atom stereocenters. The molecule has 1 aromatic heterocycles. The molecule has 2 N–H and O–H groups in total. The summed E-state index contributed by atoms with van der Waals surface area (Å²) in [6.07, 6.45) is 0. The van der Waals surface area contributed by atoms with Crippen LogP contribution < -0.4 is 5.73 Å². The molecule has 3 aromatic rings. The van der Waals surface area contributed by atoms with E-state index in [0.717, 1.165) is 26.4 Å². The zero-order valence-electron chi connectivity index (χ0n) is 9.77. The summed E-state index contributed by atoms with van der Waals surface area (Å²) >= 11 is 1.46. The summed E-state index contributed by atoms with van der Waals surface area (Å²) in [6, 6.07) is 10.5. The third-order valence-electron chi connectivity index (χ3n) is 2.79. The highest BCUT2D eigenvalue weighted by molar-refractivity contribution is 7.21. The first-order chi connectivity index (χ1) is 8.63. The van der Waals surface area contributed by atoms with Gasteiger partial charge >= 0.3 is 0 Å². The van der Waals surface area contributed by atoms with Crippen LogP contribution in [0.3, 0.4) is 0 Å². The average Bonchev–Trinajstić information content (AvgIpc) is 2.74. The monoisotopic (exact) mass is 258 g/mol. The van der Waals surface area contributed by atoms with E-state index in [4.69, 9.17) is 5.73 Å². The van der Waals surface area contributed by atoms with Gasteiger partial charge < -0.3 is 5.73 Å². The van der Waals surface area contributed by atoms with Crippen molar-refractivity contribution in [3.63, 3.8) is 0 Å². The normalized spacial score (nSPS) is 11.0. The van der Waals surface area contributed by atoms with Gasteiger partial charge in [-0.25, -0.2) is 9.37 Å². The molecule has 90 valence electrons. The van der Waals surface area contributed by atoms with E-state index in [2.05, 4.69) is 4.98 Å². The number of hydrogen-bond donors (Lipinski definition) is 1. The maximum atomic E-state index is 13.1. The number of hydrogen-bond acceptors (Lipinski definition) is 3. The summed E-state index contributed by atoms with van der Waals surface area (Å²) in [7, 11) is 0. The Morgan fingerprint density at radius 2 is 2.00 bits per heavy atom. The van der Waals surface area contributed by atoms with Crippen LogP contribution in [-0.4, -0.2) is 4.98 Å². The van der Waals surface area contributed by atoms with Gasteiger partial charge in [0.15, 0.2) is 0 Å². The van der Waals surface area contributed by atoms with Gasteiger partial charge in [-0.3, -0.25) is 0 Å². The SMILES string of the molecule is Cc1ccc(N)c(-c2nc3ccc(F)cc3s2)c1. The van der Waals surface area contributed by atoms with Crippen LogP contribution in [0, 0.1) is 12.7 Å². The minimum Gasteiger partial charge on any atom is -0.398 e. The first-order valence-corrected chi connectivity index (χ1v) is 6.38. The Morgan fingerprint density at radius 3 is 2.83 bits per heavy atom. The van der Waals surface area contributed by atoms with Crippen LogP contribution in [0.5, 0.6) is 0 Å². The minimum absolute atomic E-state index is 0.241. The largest absolute Gasteiger partial charge is 0.398 e. The molecule has 0 spiro atoms. The second kappa shape index (κ2) is 4.07. The molecular weight excluding hydrogens is 247 g/mol. The molecule has 0 fully saturated rings. The third kappa shape index (κ3) is 1.84. The molecule has 3 rings (SSSR count). The smallest absolute Gasteiger partial charge is 0.126 e. The third-order valence-corrected chi connectivity index (χ3v) is 3.84. The number of anilines is 1. The summed E-state index contributed by atoms with van der Waals surface area (Å²) in [5, 5.41) is 0.830. The second-order valence-corrected chi connectivity index (χ2v) is 5.25. The molecule has 2 aromatic carbocycles. The van der Waals surface area contributed by atoms with Gasteiger partial charge in [0.05, 0.1) is 10.2 Å². The lowest BCUT2D eigenvalue weighted by molar-refractivity contribution is 0.630. The highest BCUT2D eigenvalue weighted by Gasteiger charge is 2.09. The minimum atomic E-state index is -0.241. The van der Waals surface area contributed by atoms with Gasteiger partial charge in [-0.15, -0.1) is 11.3 Å². The van der Waals surface area contributed by atoms with Crippen LogP contribution >= 0.6 is 11.3 Å². The fraction of sp³-hybridized carbons (Fsp3) is 0.0714. The van der Waals surface area contributed by atoms with E-state index < -0.39 is 0 Å². The number of aromatic nitrogens is 1. The average molecular weight is 258 g/mol. The standard InChI is InChI=1S/C14H11FN2S/c1-8-2-4-11(16)10(6-8)14-17-12-5-3-9(15)7-13(12)18-14/h2-7H,16H2,1H3. The highest BCUT2D eigenvalue weighted by Crippen LogP contribution is 2.34. The Balaban J connectivity index is 2.22. The van der Waals surface area contributed by atoms with Gasteiger partial charge in [0, 0.05) is 11.3 Å². The van der Waals surface area contributed by atoms with E-state index in [1.807, 2.05) is 25.1 Å². The maximum Gasteiger partial charge on any atom is 0.126 e. The molecule has 4 heteroatoms. The van der Waals surface area contributed by atoms with E-state index in [-0.39, 0.29) is 5.82 Å². The molecule has 0 unspecified atom stereocenters. The summed E-state index contributed by atoms with van der Waals surface area (Å²) in [5.41, 5.74) is 9.51. The molecule has 0 aliphatic carbocycles. The number of fused-ring (bicyclic) bond motifs is 1. The lowest BCUT2D eigenvalue weighted by Crippen LogP contribution is -1.89. The molecule has 0 saturated carbocycles. The van der Waals surface area contributed by atoms with Crippen LogP contribution in [0.15, 0.2) is 36.4 Å². The van der Waals surface area contributed by atoms with Gasteiger partial charge in [-0.05, 0) is 37.3 Å². The molecule has 0 aliphatic rings. The zero-order chi connectivity index (χ0) is 12.7. The molecule has 18 heavy (non-hydrogen) atoms. The summed E-state index contributed by atoms with van der Waals surface area (Å²) < 4.78 is 14.0. The van der Waals surface area contributed by atoms with Gasteiger partial charge in [0.2, 0.25) is 0 Å². The van der Waals surface area contributed by atoms with Gasteiger partial charge in [-0.2, -0.15) is 0 Å². The Kier molecular flexibility index (Phi) is 2.52. The van der Waals surface area contributed by atoms with Crippen molar-refractivity contribution in [1.82, 2.24) is 4.98 Å². The summed E-state index contributed by atoms with van der Waals surface area (Å²) in [6.45, 7) is 2.01. The molecule has 1 heterocycles. The van der Waals surface area contributed by atoms with Crippen molar-refractivity contribution in [1.29, 1.82) is 0 Å². The number of thiazole rings is 1. The first kappa shape index (κ1) is 11.2. The molecule has 0 amide bonds. The zero-order valence-corrected chi connectivity index (χ0v) is 10.6. The molecule has 0 radical (unpaired) electrons. The number of nitrogens with zero attached hydrogens (tertiary/aromatic N) is 1. The predicted molar refractivity (Wildman–Crippen MR) is 74.2 cm³/mol. The number of benzene rings is 2. The van der Waals surface area contributed by atoms with E-state index in [0.29, 0.717) is 5.69 Å². The van der Waals surface area contributed by atoms with Crippen molar-refractivity contribution in [3.05, 3.63) is 47.8 Å². The summed E-state index contributed by atoms with van der Waals surface area (Å²) in [4.78, 5) is 4.50. The van der Waals surface area contributed by atoms with Crippen LogP contribution in [0.4, 0.5) is 10.1 Å². The number of rotatable bonds is 1. The van der Waals surface area contributed by atoms with Gasteiger partial charge in [0.25, 0.3) is 0 Å². The Labute approximate surface area is 108 Å². The van der Waals surface area contributed by atoms with Crippen LogP contribution in [0.1, 0.15) is 5.56 Å². The maximum absolute atomic E-state index is 13.1. The van der Waals surface area contributed by atoms with Gasteiger partial charge in [0.1, 0.15) is 10.8 Å². The van der Waals surface area contributed by atoms with Gasteiger partial charge in [-0.1, -0.05) is 11.6 Å². The van der Waals surface area contributed by atoms with Crippen molar-refractivity contribution in [2.75, 3.05) is 5.73 Å². The quantitative estimate of drug-likeness (QED) is 0.670. The number of aryl methyl sites for hydroxylation is 1. The number of halogens is 1. The van der Waals surface area contributed by atoms with E-state index >= 15 is 0 Å². The Bertz CT molecular complexity index is 734. The van der Waals surface area contributed by atoms with Crippen molar-refractivity contribution in [2.45, 2.75) is 6.92 Å². The van der Waals surface area contributed by atoms with Crippen LogP contribution in [0.25, 0.3) is 20.8 Å². The first-order valence-electron chi connectivity index (χ1n) is 5.56. The Hall–Kier alpha value is -1.94. The van der Waals surface area contributed by atoms with E-state index in [9.17, 15) is 4.39 Å². The topological polar surface area (TPSA) is 38.9 Å². The Morgan fingerprint density at radius 1 is 1.17 bits per heavy atom. The molecule has 2 nitrogen and oxygen atoms in total. The number of nitrogens with two attached hydrogens (primary N) is 1. The predicted octanol–water partition coefficient (Wildman–Crippen LogP) is 3.99. The van der Waals surface area contributed by atoms with Crippen molar-refractivity contribution in [2.24, 2.45) is 0 Å².